The van der Waals surface area contributed by atoms with Crippen molar-refractivity contribution in [3.63, 3.8) is 0 Å². The Morgan fingerprint density at radius 2 is 2.11 bits per heavy atom. The third kappa shape index (κ3) is 2.28. The summed E-state index contributed by atoms with van der Waals surface area (Å²) in [7, 11) is 0. The summed E-state index contributed by atoms with van der Waals surface area (Å²) in [6, 6.07) is 0.291. The Bertz CT molecular complexity index is 314. The highest BCUT2D eigenvalue weighted by Gasteiger charge is 2.45. The zero-order valence-electron chi connectivity index (χ0n) is 10.9. The van der Waals surface area contributed by atoms with Gasteiger partial charge in [0.1, 0.15) is 6.04 Å². The summed E-state index contributed by atoms with van der Waals surface area (Å²) in [5.41, 5.74) is 0. The van der Waals surface area contributed by atoms with Gasteiger partial charge in [-0.15, -0.1) is 0 Å². The molecule has 1 saturated carbocycles. The highest BCUT2D eigenvalue weighted by Crippen LogP contribution is 2.40. The smallest absolute Gasteiger partial charge is 0.320 e. The Balaban J connectivity index is 1.71. The maximum absolute atomic E-state index is 11.5. The monoisotopic (exact) mass is 253 g/mol. The van der Waals surface area contributed by atoms with Crippen LogP contribution in [0.2, 0.25) is 0 Å². The van der Waals surface area contributed by atoms with E-state index in [1.165, 1.54) is 25.7 Å². The Hall–Kier alpha value is -0.610. The van der Waals surface area contributed by atoms with E-state index in [0.29, 0.717) is 17.9 Å². The van der Waals surface area contributed by atoms with Gasteiger partial charge < -0.3 is 9.84 Å². The van der Waals surface area contributed by atoms with Crippen LogP contribution in [0.25, 0.3) is 0 Å². The molecule has 102 valence electrons. The number of carboxylic acid groups (broad SMARTS) is 1. The van der Waals surface area contributed by atoms with Crippen LogP contribution in [0.15, 0.2) is 0 Å². The van der Waals surface area contributed by atoms with E-state index < -0.39 is 5.97 Å². The lowest BCUT2D eigenvalue weighted by Crippen LogP contribution is -2.44. The summed E-state index contributed by atoms with van der Waals surface area (Å²) in [5.74, 6) is 0.554. The van der Waals surface area contributed by atoms with Gasteiger partial charge in [0.05, 0.1) is 6.61 Å². The van der Waals surface area contributed by atoms with Gasteiger partial charge in [-0.2, -0.15) is 0 Å². The van der Waals surface area contributed by atoms with Crippen LogP contribution in [0.4, 0.5) is 0 Å². The highest BCUT2D eigenvalue weighted by molar-refractivity contribution is 5.74. The summed E-state index contributed by atoms with van der Waals surface area (Å²) < 4.78 is 5.43. The molecule has 4 heteroatoms. The average molecular weight is 253 g/mol. The first-order valence-electron chi connectivity index (χ1n) is 7.32. The number of rotatable bonds is 3. The number of hydrogen-bond donors (Lipinski definition) is 1. The zero-order valence-corrected chi connectivity index (χ0v) is 10.9. The zero-order chi connectivity index (χ0) is 12.5. The molecule has 2 saturated heterocycles. The molecule has 3 rings (SSSR count). The molecule has 0 amide bonds. The van der Waals surface area contributed by atoms with E-state index >= 15 is 0 Å². The Kier molecular flexibility index (Phi) is 3.57. The minimum Gasteiger partial charge on any atom is -0.480 e. The van der Waals surface area contributed by atoms with Crippen molar-refractivity contribution in [3.05, 3.63) is 0 Å². The Labute approximate surface area is 108 Å². The van der Waals surface area contributed by atoms with E-state index in [4.69, 9.17) is 4.74 Å². The number of likely N-dealkylation sites (tertiary alicyclic amines) is 1. The number of ether oxygens (including phenoxy) is 1. The van der Waals surface area contributed by atoms with Gasteiger partial charge in [0.2, 0.25) is 0 Å². The molecule has 0 aromatic heterocycles. The fourth-order valence-corrected chi connectivity index (χ4v) is 4.08. The molecule has 3 aliphatic rings. The quantitative estimate of drug-likeness (QED) is 0.832. The summed E-state index contributed by atoms with van der Waals surface area (Å²) in [6.45, 7) is 2.60. The van der Waals surface area contributed by atoms with Crippen LogP contribution < -0.4 is 0 Å². The standard InChI is InChI=1S/C14H23NO3/c16-14(17)13-7-11-3-1-2-4-12(11)15(13)8-10-5-6-18-9-10/h10-13H,1-9H2,(H,16,17)/t10-,11+,12-,13+/m1/s1. The van der Waals surface area contributed by atoms with Crippen molar-refractivity contribution >= 4 is 5.97 Å². The molecule has 3 fully saturated rings. The molecule has 2 aliphatic heterocycles. The molecule has 0 radical (unpaired) electrons. The third-order valence-electron chi connectivity index (χ3n) is 5.00. The first-order valence-corrected chi connectivity index (χ1v) is 7.32. The van der Waals surface area contributed by atoms with Crippen molar-refractivity contribution in [2.75, 3.05) is 19.8 Å². The topological polar surface area (TPSA) is 49.8 Å². The third-order valence-corrected chi connectivity index (χ3v) is 5.00. The lowest BCUT2D eigenvalue weighted by atomic mass is 9.84. The van der Waals surface area contributed by atoms with E-state index in [2.05, 4.69) is 4.90 Å². The van der Waals surface area contributed by atoms with E-state index in [9.17, 15) is 9.90 Å². The van der Waals surface area contributed by atoms with Crippen LogP contribution in [0.1, 0.15) is 38.5 Å². The second kappa shape index (κ2) is 5.17. The summed E-state index contributed by atoms with van der Waals surface area (Å²) >= 11 is 0. The molecule has 4 atom stereocenters. The SMILES string of the molecule is O=C(O)[C@@H]1C[C@@H]2CCCC[C@H]2N1C[C@H]1CCOC1. The van der Waals surface area contributed by atoms with Crippen molar-refractivity contribution in [1.29, 1.82) is 0 Å². The molecule has 0 bridgehead atoms. The van der Waals surface area contributed by atoms with Crippen molar-refractivity contribution < 1.29 is 14.6 Å². The first kappa shape index (κ1) is 12.4. The van der Waals surface area contributed by atoms with Crippen molar-refractivity contribution in [2.24, 2.45) is 11.8 Å². The minimum absolute atomic E-state index is 0.237. The summed E-state index contributed by atoms with van der Waals surface area (Å²) in [5, 5.41) is 9.43. The van der Waals surface area contributed by atoms with E-state index in [-0.39, 0.29) is 6.04 Å². The van der Waals surface area contributed by atoms with Crippen LogP contribution in [-0.2, 0) is 9.53 Å². The second-order valence-corrected chi connectivity index (χ2v) is 6.13. The summed E-state index contributed by atoms with van der Waals surface area (Å²) in [6.07, 6.45) is 6.95. The van der Waals surface area contributed by atoms with Gasteiger partial charge in [-0.1, -0.05) is 12.8 Å². The molecule has 0 aromatic rings. The molecule has 2 heterocycles. The molecule has 0 aromatic carbocycles. The lowest BCUT2D eigenvalue weighted by Gasteiger charge is -2.34. The second-order valence-electron chi connectivity index (χ2n) is 6.13. The van der Waals surface area contributed by atoms with Crippen LogP contribution in [-0.4, -0.2) is 47.8 Å². The number of hydrogen-bond acceptors (Lipinski definition) is 3. The van der Waals surface area contributed by atoms with Gasteiger partial charge in [0, 0.05) is 19.2 Å². The average Bonchev–Trinajstić information content (AvgIpc) is 2.98. The van der Waals surface area contributed by atoms with Gasteiger partial charge in [0.15, 0.2) is 0 Å². The fraction of sp³-hybridized carbons (Fsp3) is 0.929. The highest BCUT2D eigenvalue weighted by atomic mass is 16.5. The van der Waals surface area contributed by atoms with E-state index in [1.54, 1.807) is 0 Å². The van der Waals surface area contributed by atoms with Crippen LogP contribution >= 0.6 is 0 Å². The van der Waals surface area contributed by atoms with Crippen LogP contribution in [0, 0.1) is 11.8 Å². The maximum Gasteiger partial charge on any atom is 0.320 e. The number of fused-ring (bicyclic) bond motifs is 1. The minimum atomic E-state index is -0.622. The number of carbonyl (C=O) groups is 1. The summed E-state index contributed by atoms with van der Waals surface area (Å²) in [4.78, 5) is 13.8. The normalized spacial score (nSPS) is 40.9. The number of carboxylic acids is 1. The molecule has 4 nitrogen and oxygen atoms in total. The Morgan fingerprint density at radius 1 is 1.28 bits per heavy atom. The largest absolute Gasteiger partial charge is 0.480 e. The molecule has 0 unspecified atom stereocenters. The molecule has 1 aliphatic carbocycles. The first-order chi connectivity index (χ1) is 8.75. The molecule has 0 spiro atoms. The predicted molar refractivity (Wildman–Crippen MR) is 67.4 cm³/mol. The van der Waals surface area contributed by atoms with Gasteiger partial charge in [-0.25, -0.2) is 0 Å². The molecular weight excluding hydrogens is 230 g/mol. The van der Waals surface area contributed by atoms with Crippen LogP contribution in [0.5, 0.6) is 0 Å². The Morgan fingerprint density at radius 3 is 2.83 bits per heavy atom. The van der Waals surface area contributed by atoms with E-state index in [0.717, 1.165) is 32.6 Å². The van der Waals surface area contributed by atoms with Gasteiger partial charge in [-0.05, 0) is 37.5 Å². The number of nitrogens with zero attached hydrogens (tertiary/aromatic N) is 1. The molecule has 1 N–H and O–H groups in total. The van der Waals surface area contributed by atoms with Gasteiger partial charge >= 0.3 is 5.97 Å². The van der Waals surface area contributed by atoms with Crippen molar-refractivity contribution in [1.82, 2.24) is 4.90 Å². The molecular formula is C14H23NO3. The van der Waals surface area contributed by atoms with Crippen molar-refractivity contribution in [2.45, 2.75) is 50.6 Å². The van der Waals surface area contributed by atoms with Crippen molar-refractivity contribution in [3.8, 4) is 0 Å². The van der Waals surface area contributed by atoms with Gasteiger partial charge in [0.25, 0.3) is 0 Å². The van der Waals surface area contributed by atoms with Crippen LogP contribution in [0.3, 0.4) is 0 Å². The van der Waals surface area contributed by atoms with Gasteiger partial charge in [-0.3, -0.25) is 9.69 Å². The maximum atomic E-state index is 11.5. The molecule has 18 heavy (non-hydrogen) atoms. The predicted octanol–water partition coefficient (Wildman–Crippen LogP) is 1.74. The fourth-order valence-electron chi connectivity index (χ4n) is 4.08. The lowest BCUT2D eigenvalue weighted by molar-refractivity contribution is -0.142. The van der Waals surface area contributed by atoms with E-state index in [1.807, 2.05) is 0 Å². The number of aliphatic carboxylic acids is 1.